The number of nitrogens with two attached hydrogens (primary N) is 1. The van der Waals surface area contributed by atoms with Gasteiger partial charge in [0.15, 0.2) is 5.82 Å². The molecule has 2 N–H and O–H groups in total. The van der Waals surface area contributed by atoms with Gasteiger partial charge in [-0.15, -0.1) is 0 Å². The molecule has 0 fully saturated rings. The maximum Gasteiger partial charge on any atom is 0.162 e. The fraction of sp³-hybridized carbons (Fsp3) is 0.667. The van der Waals surface area contributed by atoms with E-state index >= 15 is 0 Å². The minimum Gasteiger partial charge on any atom is -0.383 e. The lowest BCUT2D eigenvalue weighted by atomic mass is 9.91. The third kappa shape index (κ3) is 3.07. The number of hydrogen-bond acceptors (Lipinski definition) is 4. The van der Waals surface area contributed by atoms with Gasteiger partial charge in [-0.05, 0) is 36.4 Å². The molecule has 0 radical (unpaired) electrons. The normalized spacial score (nSPS) is 12.9. The summed E-state index contributed by atoms with van der Waals surface area (Å²) < 4.78 is 6.33. The van der Waals surface area contributed by atoms with Gasteiger partial charge in [0.2, 0.25) is 0 Å². The second-order valence-electron chi connectivity index (χ2n) is 5.56. The first-order chi connectivity index (χ1) is 7.59. The molecule has 96 valence electrons. The van der Waals surface area contributed by atoms with E-state index in [1.54, 1.807) is 7.11 Å². The first-order valence-electron chi connectivity index (χ1n) is 5.48. The Bertz CT molecular complexity index is 424. The highest BCUT2D eigenvalue weighted by Gasteiger charge is 2.28. The van der Waals surface area contributed by atoms with Crippen molar-refractivity contribution >= 4 is 28.4 Å². The van der Waals surface area contributed by atoms with Crippen LogP contribution in [0.25, 0.3) is 0 Å². The molecule has 0 saturated heterocycles. The molecule has 0 aliphatic carbocycles. The van der Waals surface area contributed by atoms with E-state index in [0.29, 0.717) is 11.6 Å². The topological polar surface area (TPSA) is 61.0 Å². The van der Waals surface area contributed by atoms with Crippen molar-refractivity contribution < 1.29 is 4.74 Å². The molecular weight excluding hydrogens is 329 g/mol. The highest BCUT2D eigenvalue weighted by Crippen LogP contribution is 2.31. The molecule has 1 aromatic heterocycles. The second kappa shape index (κ2) is 4.68. The van der Waals surface area contributed by atoms with Crippen molar-refractivity contribution in [1.29, 1.82) is 0 Å². The molecule has 4 nitrogen and oxygen atoms in total. The van der Waals surface area contributed by atoms with E-state index in [0.717, 1.165) is 9.26 Å². The Labute approximate surface area is 117 Å². The van der Waals surface area contributed by atoms with E-state index in [2.05, 4.69) is 53.3 Å². The molecule has 0 spiro atoms. The predicted molar refractivity (Wildman–Crippen MR) is 77.9 cm³/mol. The summed E-state index contributed by atoms with van der Waals surface area (Å²) in [4.78, 5) is 8.95. The second-order valence-corrected chi connectivity index (χ2v) is 6.64. The number of nitrogens with zero attached hydrogens (tertiary/aromatic N) is 2. The monoisotopic (exact) mass is 349 g/mol. The van der Waals surface area contributed by atoms with Gasteiger partial charge >= 0.3 is 0 Å². The van der Waals surface area contributed by atoms with Gasteiger partial charge in [-0.1, -0.05) is 20.8 Å². The van der Waals surface area contributed by atoms with E-state index in [4.69, 9.17) is 10.5 Å². The molecule has 0 aliphatic heterocycles. The Balaban J connectivity index is 3.45. The molecule has 17 heavy (non-hydrogen) atoms. The number of rotatable bonds is 2. The summed E-state index contributed by atoms with van der Waals surface area (Å²) >= 11 is 2.20. The Hall–Kier alpha value is -0.430. The standard InChI is InChI=1S/C12H20IN3O/c1-11(2,3)8-7(13)9(14)16-10(15-8)12(4,5)17-6/h1-6H3,(H2,14,15,16). The highest BCUT2D eigenvalue weighted by atomic mass is 127. The summed E-state index contributed by atoms with van der Waals surface area (Å²) in [7, 11) is 1.65. The lowest BCUT2D eigenvalue weighted by Crippen LogP contribution is -2.27. The molecule has 0 aromatic carbocycles. The first kappa shape index (κ1) is 14.6. The van der Waals surface area contributed by atoms with Crippen LogP contribution in [0, 0.1) is 3.57 Å². The van der Waals surface area contributed by atoms with E-state index in [-0.39, 0.29) is 5.41 Å². The maximum absolute atomic E-state index is 5.96. The van der Waals surface area contributed by atoms with Crippen LogP contribution in [-0.4, -0.2) is 17.1 Å². The number of anilines is 1. The van der Waals surface area contributed by atoms with E-state index in [9.17, 15) is 0 Å². The third-order valence-corrected chi connectivity index (χ3v) is 3.70. The van der Waals surface area contributed by atoms with Gasteiger partial charge in [-0.25, -0.2) is 9.97 Å². The van der Waals surface area contributed by atoms with Crippen molar-refractivity contribution in [2.75, 3.05) is 12.8 Å². The van der Waals surface area contributed by atoms with Crippen LogP contribution in [-0.2, 0) is 15.8 Å². The van der Waals surface area contributed by atoms with Crippen LogP contribution >= 0.6 is 22.6 Å². The molecule has 1 aromatic rings. The quantitative estimate of drug-likeness (QED) is 0.834. The number of nitrogen functional groups attached to an aromatic ring is 1. The summed E-state index contributed by atoms with van der Waals surface area (Å²) in [6, 6.07) is 0. The van der Waals surface area contributed by atoms with Crippen LogP contribution in [0.2, 0.25) is 0 Å². The third-order valence-electron chi connectivity index (χ3n) is 2.64. The first-order valence-corrected chi connectivity index (χ1v) is 6.56. The number of ether oxygens (including phenoxy) is 1. The summed E-state index contributed by atoms with van der Waals surface area (Å²) in [6.07, 6.45) is 0. The number of methoxy groups -OCH3 is 1. The molecule has 0 saturated carbocycles. The van der Waals surface area contributed by atoms with Crippen LogP contribution in [0.4, 0.5) is 5.82 Å². The molecule has 1 rings (SSSR count). The van der Waals surface area contributed by atoms with Gasteiger partial charge < -0.3 is 10.5 Å². The van der Waals surface area contributed by atoms with Crippen LogP contribution in [0.15, 0.2) is 0 Å². The molecule has 0 atom stereocenters. The average molecular weight is 349 g/mol. The Morgan fingerprint density at radius 1 is 1.12 bits per heavy atom. The fourth-order valence-corrected chi connectivity index (χ4v) is 2.37. The number of aromatic nitrogens is 2. The van der Waals surface area contributed by atoms with Crippen LogP contribution < -0.4 is 5.73 Å². The zero-order valence-corrected chi connectivity index (χ0v) is 13.4. The van der Waals surface area contributed by atoms with Crippen molar-refractivity contribution in [3.8, 4) is 0 Å². The van der Waals surface area contributed by atoms with Gasteiger partial charge in [0.1, 0.15) is 11.4 Å². The van der Waals surface area contributed by atoms with E-state index in [1.807, 2.05) is 13.8 Å². The Kier molecular flexibility index (Phi) is 4.03. The van der Waals surface area contributed by atoms with Gasteiger partial charge in [-0.3, -0.25) is 0 Å². The molecule has 0 aliphatic rings. The lowest BCUT2D eigenvalue weighted by molar-refractivity contribution is 0.0112. The minimum atomic E-state index is -0.529. The van der Waals surface area contributed by atoms with Crippen molar-refractivity contribution in [2.45, 2.75) is 45.6 Å². The molecule has 0 unspecified atom stereocenters. The highest BCUT2D eigenvalue weighted by molar-refractivity contribution is 14.1. The number of halogens is 1. The zero-order valence-electron chi connectivity index (χ0n) is 11.3. The lowest BCUT2D eigenvalue weighted by Gasteiger charge is -2.26. The Morgan fingerprint density at radius 3 is 2.06 bits per heavy atom. The predicted octanol–water partition coefficient (Wildman–Crippen LogP) is 2.84. The van der Waals surface area contributed by atoms with Gasteiger partial charge in [0.05, 0.1) is 9.26 Å². The summed E-state index contributed by atoms with van der Waals surface area (Å²) in [5.41, 5.74) is 6.33. The molecule has 0 bridgehead atoms. The average Bonchev–Trinajstić information content (AvgIpc) is 2.19. The van der Waals surface area contributed by atoms with Gasteiger partial charge in [-0.2, -0.15) is 0 Å². The summed E-state index contributed by atoms with van der Waals surface area (Å²) in [5.74, 6) is 1.15. The van der Waals surface area contributed by atoms with Crippen molar-refractivity contribution in [2.24, 2.45) is 0 Å². The van der Waals surface area contributed by atoms with Crippen molar-refractivity contribution in [3.05, 3.63) is 15.1 Å². The van der Waals surface area contributed by atoms with Crippen molar-refractivity contribution in [1.82, 2.24) is 9.97 Å². The van der Waals surface area contributed by atoms with Crippen molar-refractivity contribution in [3.63, 3.8) is 0 Å². The minimum absolute atomic E-state index is 0.0633. The van der Waals surface area contributed by atoms with Crippen LogP contribution in [0.3, 0.4) is 0 Å². The van der Waals surface area contributed by atoms with Crippen LogP contribution in [0.5, 0.6) is 0 Å². The van der Waals surface area contributed by atoms with Gasteiger partial charge in [0.25, 0.3) is 0 Å². The SMILES string of the molecule is COC(C)(C)c1nc(N)c(I)c(C(C)(C)C)n1. The Morgan fingerprint density at radius 2 is 1.65 bits per heavy atom. The fourth-order valence-electron chi connectivity index (χ4n) is 1.32. The zero-order chi connectivity index (χ0) is 13.4. The largest absolute Gasteiger partial charge is 0.383 e. The maximum atomic E-state index is 5.96. The van der Waals surface area contributed by atoms with E-state index in [1.165, 1.54) is 0 Å². The molecule has 5 heteroatoms. The van der Waals surface area contributed by atoms with Crippen LogP contribution in [0.1, 0.15) is 46.1 Å². The molecule has 1 heterocycles. The smallest absolute Gasteiger partial charge is 0.162 e. The summed E-state index contributed by atoms with van der Waals surface area (Å²) in [5, 5.41) is 0. The molecule has 0 amide bonds. The number of hydrogen-bond donors (Lipinski definition) is 1. The van der Waals surface area contributed by atoms with E-state index < -0.39 is 5.60 Å². The van der Waals surface area contributed by atoms with Gasteiger partial charge in [0, 0.05) is 12.5 Å². The molecular formula is C12H20IN3O. The summed E-state index contributed by atoms with van der Waals surface area (Å²) in [6.45, 7) is 10.2.